The Kier molecular flexibility index (Phi) is 4.27. The van der Waals surface area contributed by atoms with E-state index in [-0.39, 0.29) is 6.61 Å². The Hall–Kier alpha value is -1.03. The quantitative estimate of drug-likeness (QED) is 0.885. The summed E-state index contributed by atoms with van der Waals surface area (Å²) in [4.78, 5) is 0. The van der Waals surface area contributed by atoms with Crippen LogP contribution in [0.5, 0.6) is 11.5 Å². The molecular weight excluding hydrogens is 316 g/mol. The SMILES string of the molecule is Cc1ccc(Oc2cc(Br)ccc2CO)c(Cl)c1. The first-order chi connectivity index (χ1) is 8.60. The van der Waals surface area contributed by atoms with Crippen LogP contribution in [0.3, 0.4) is 0 Å². The number of aryl methyl sites for hydroxylation is 1. The molecule has 0 bridgehead atoms. The van der Waals surface area contributed by atoms with Crippen LogP contribution in [0.2, 0.25) is 5.02 Å². The summed E-state index contributed by atoms with van der Waals surface area (Å²) in [5, 5.41) is 9.83. The van der Waals surface area contributed by atoms with Gasteiger partial charge in [0.25, 0.3) is 0 Å². The van der Waals surface area contributed by atoms with Crippen LogP contribution < -0.4 is 4.74 Å². The van der Waals surface area contributed by atoms with Crippen LogP contribution in [0.15, 0.2) is 40.9 Å². The molecule has 0 aliphatic carbocycles. The summed E-state index contributed by atoms with van der Waals surface area (Å²) in [6.45, 7) is 1.89. The standard InChI is InChI=1S/C14H12BrClO2/c1-9-2-5-13(12(16)6-9)18-14-7-11(15)4-3-10(14)8-17/h2-7,17H,8H2,1H3. The summed E-state index contributed by atoms with van der Waals surface area (Å²) in [5.74, 6) is 1.17. The number of rotatable bonds is 3. The van der Waals surface area contributed by atoms with E-state index < -0.39 is 0 Å². The van der Waals surface area contributed by atoms with Crippen LogP contribution >= 0.6 is 27.5 Å². The molecule has 0 fully saturated rings. The number of ether oxygens (including phenoxy) is 1. The molecule has 0 aliphatic heterocycles. The van der Waals surface area contributed by atoms with Gasteiger partial charge < -0.3 is 9.84 Å². The average molecular weight is 328 g/mol. The van der Waals surface area contributed by atoms with Gasteiger partial charge in [0, 0.05) is 10.0 Å². The predicted octanol–water partition coefficient (Wildman–Crippen LogP) is 4.70. The number of hydrogen-bond donors (Lipinski definition) is 1. The molecule has 4 heteroatoms. The monoisotopic (exact) mass is 326 g/mol. The highest BCUT2D eigenvalue weighted by Gasteiger charge is 2.08. The summed E-state index contributed by atoms with van der Waals surface area (Å²) in [5.41, 5.74) is 1.79. The molecule has 2 aromatic carbocycles. The van der Waals surface area contributed by atoms with E-state index in [1.54, 1.807) is 0 Å². The molecule has 0 amide bonds. The number of halogens is 2. The van der Waals surface area contributed by atoms with Crippen LogP contribution in [-0.4, -0.2) is 5.11 Å². The Morgan fingerprint density at radius 1 is 1.17 bits per heavy atom. The van der Waals surface area contributed by atoms with E-state index in [1.165, 1.54) is 0 Å². The van der Waals surface area contributed by atoms with Crippen molar-refractivity contribution in [1.29, 1.82) is 0 Å². The molecule has 0 heterocycles. The lowest BCUT2D eigenvalue weighted by molar-refractivity contribution is 0.276. The molecule has 0 spiro atoms. The first-order valence-corrected chi connectivity index (χ1v) is 6.60. The van der Waals surface area contributed by atoms with Gasteiger partial charge in [-0.1, -0.05) is 39.7 Å². The fourth-order valence-corrected chi connectivity index (χ4v) is 2.17. The summed E-state index contributed by atoms with van der Waals surface area (Å²) >= 11 is 9.49. The van der Waals surface area contributed by atoms with Gasteiger partial charge in [-0.25, -0.2) is 0 Å². The van der Waals surface area contributed by atoms with Gasteiger partial charge in [0.05, 0.1) is 11.6 Å². The molecule has 0 aromatic heterocycles. The minimum atomic E-state index is -0.0773. The van der Waals surface area contributed by atoms with Crippen molar-refractivity contribution in [2.24, 2.45) is 0 Å². The zero-order valence-corrected chi connectivity index (χ0v) is 12.1. The summed E-state index contributed by atoms with van der Waals surface area (Å²) < 4.78 is 6.63. The van der Waals surface area contributed by atoms with Crippen molar-refractivity contribution < 1.29 is 9.84 Å². The molecule has 0 aliphatic rings. The summed E-state index contributed by atoms with van der Waals surface area (Å²) in [6.07, 6.45) is 0. The summed E-state index contributed by atoms with van der Waals surface area (Å²) in [7, 11) is 0. The molecule has 2 aromatic rings. The van der Waals surface area contributed by atoms with Gasteiger partial charge in [-0.3, -0.25) is 0 Å². The van der Waals surface area contributed by atoms with E-state index in [0.717, 1.165) is 15.6 Å². The van der Waals surface area contributed by atoms with Crippen molar-refractivity contribution in [3.63, 3.8) is 0 Å². The summed E-state index contributed by atoms with van der Waals surface area (Å²) in [6, 6.07) is 11.1. The van der Waals surface area contributed by atoms with Crippen molar-refractivity contribution in [1.82, 2.24) is 0 Å². The van der Waals surface area contributed by atoms with Crippen molar-refractivity contribution in [3.8, 4) is 11.5 Å². The smallest absolute Gasteiger partial charge is 0.146 e. The third-order valence-electron chi connectivity index (χ3n) is 2.51. The van der Waals surface area contributed by atoms with E-state index in [9.17, 15) is 5.11 Å². The molecule has 2 rings (SSSR count). The van der Waals surface area contributed by atoms with Crippen molar-refractivity contribution in [2.75, 3.05) is 0 Å². The second-order valence-corrected chi connectivity index (χ2v) is 5.27. The molecule has 0 unspecified atom stereocenters. The van der Waals surface area contributed by atoms with Crippen LogP contribution in [0.1, 0.15) is 11.1 Å². The van der Waals surface area contributed by atoms with Gasteiger partial charge in [0.1, 0.15) is 11.5 Å². The maximum Gasteiger partial charge on any atom is 0.146 e. The first-order valence-electron chi connectivity index (χ1n) is 5.43. The highest BCUT2D eigenvalue weighted by Crippen LogP contribution is 2.33. The van der Waals surface area contributed by atoms with E-state index in [1.807, 2.05) is 43.3 Å². The van der Waals surface area contributed by atoms with Gasteiger partial charge in [0.15, 0.2) is 0 Å². The maximum absolute atomic E-state index is 9.27. The number of benzene rings is 2. The van der Waals surface area contributed by atoms with E-state index in [0.29, 0.717) is 16.5 Å². The highest BCUT2D eigenvalue weighted by atomic mass is 79.9. The first kappa shape index (κ1) is 13.4. The molecule has 2 nitrogen and oxygen atoms in total. The number of hydrogen-bond acceptors (Lipinski definition) is 2. The number of aliphatic hydroxyl groups is 1. The largest absolute Gasteiger partial charge is 0.455 e. The van der Waals surface area contributed by atoms with Gasteiger partial charge in [-0.2, -0.15) is 0 Å². The Morgan fingerprint density at radius 2 is 1.94 bits per heavy atom. The number of aliphatic hydroxyl groups excluding tert-OH is 1. The Balaban J connectivity index is 2.36. The fraction of sp³-hybridized carbons (Fsp3) is 0.143. The molecule has 0 saturated heterocycles. The average Bonchev–Trinajstić information content (AvgIpc) is 2.33. The second-order valence-electron chi connectivity index (χ2n) is 3.95. The molecule has 0 saturated carbocycles. The Labute approximate surface area is 119 Å². The third kappa shape index (κ3) is 3.05. The topological polar surface area (TPSA) is 29.5 Å². The van der Waals surface area contributed by atoms with Gasteiger partial charge >= 0.3 is 0 Å². The van der Waals surface area contributed by atoms with Crippen LogP contribution in [0.4, 0.5) is 0 Å². The van der Waals surface area contributed by atoms with E-state index in [2.05, 4.69) is 15.9 Å². The Morgan fingerprint density at radius 3 is 2.61 bits per heavy atom. The normalized spacial score (nSPS) is 10.4. The minimum Gasteiger partial charge on any atom is -0.455 e. The lowest BCUT2D eigenvalue weighted by atomic mass is 10.2. The zero-order valence-electron chi connectivity index (χ0n) is 9.78. The third-order valence-corrected chi connectivity index (χ3v) is 3.30. The van der Waals surface area contributed by atoms with Gasteiger partial charge in [0.2, 0.25) is 0 Å². The lowest BCUT2D eigenvalue weighted by Gasteiger charge is -2.11. The zero-order chi connectivity index (χ0) is 13.1. The van der Waals surface area contributed by atoms with Gasteiger partial charge in [-0.15, -0.1) is 0 Å². The van der Waals surface area contributed by atoms with Crippen LogP contribution in [-0.2, 0) is 6.61 Å². The van der Waals surface area contributed by atoms with E-state index in [4.69, 9.17) is 16.3 Å². The van der Waals surface area contributed by atoms with Crippen molar-refractivity contribution in [2.45, 2.75) is 13.5 Å². The van der Waals surface area contributed by atoms with Gasteiger partial charge in [-0.05, 0) is 36.8 Å². The maximum atomic E-state index is 9.27. The molecule has 94 valence electrons. The highest BCUT2D eigenvalue weighted by molar-refractivity contribution is 9.10. The molecule has 0 atom stereocenters. The molecular formula is C14H12BrClO2. The second kappa shape index (κ2) is 5.74. The fourth-order valence-electron chi connectivity index (χ4n) is 1.56. The van der Waals surface area contributed by atoms with E-state index >= 15 is 0 Å². The van der Waals surface area contributed by atoms with Crippen LogP contribution in [0.25, 0.3) is 0 Å². The van der Waals surface area contributed by atoms with Crippen molar-refractivity contribution in [3.05, 3.63) is 57.0 Å². The lowest BCUT2D eigenvalue weighted by Crippen LogP contribution is -1.92. The molecule has 0 radical (unpaired) electrons. The molecule has 18 heavy (non-hydrogen) atoms. The minimum absolute atomic E-state index is 0.0773. The van der Waals surface area contributed by atoms with Crippen molar-refractivity contribution >= 4 is 27.5 Å². The Bertz CT molecular complexity index is 570. The molecule has 1 N–H and O–H groups in total. The predicted molar refractivity (Wildman–Crippen MR) is 76.3 cm³/mol. The van der Waals surface area contributed by atoms with Crippen LogP contribution in [0, 0.1) is 6.92 Å².